The van der Waals surface area contributed by atoms with E-state index in [2.05, 4.69) is 9.72 Å². The quantitative estimate of drug-likeness (QED) is 0.500. The number of pyridine rings is 1. The van der Waals surface area contributed by atoms with E-state index in [-0.39, 0.29) is 18.1 Å². The maximum Gasteiger partial charge on any atom is 0.356 e. The number of anilines is 1. The number of nitrogens with zero attached hydrogens (tertiary/aromatic N) is 1. The lowest BCUT2D eigenvalue weighted by Crippen LogP contribution is -2.15. The van der Waals surface area contributed by atoms with Gasteiger partial charge in [0.15, 0.2) is 0 Å². The largest absolute Gasteiger partial charge is 0.464 e. The summed E-state index contributed by atoms with van der Waals surface area (Å²) in [7, 11) is 1.27. The van der Waals surface area contributed by atoms with E-state index >= 15 is 0 Å². The van der Waals surface area contributed by atoms with Gasteiger partial charge in [-0.25, -0.2) is 9.78 Å². The standard InChI is InChI=1S/C10H14N2O4S/c1-16-10(15)8-3-2-7(11)9(12-8)17-5-6(14)4-13/h2-3,6,13-14H,4-5,11H2,1H3. The van der Waals surface area contributed by atoms with Gasteiger partial charge in [-0.2, -0.15) is 0 Å². The number of thioether (sulfide) groups is 1. The number of carbonyl (C=O) groups excluding carboxylic acids is 1. The van der Waals surface area contributed by atoms with E-state index < -0.39 is 12.1 Å². The fourth-order valence-corrected chi connectivity index (χ4v) is 1.87. The van der Waals surface area contributed by atoms with E-state index in [0.29, 0.717) is 10.7 Å². The molecule has 0 aliphatic carbocycles. The van der Waals surface area contributed by atoms with Crippen LogP contribution in [0.4, 0.5) is 5.69 Å². The van der Waals surface area contributed by atoms with Crippen LogP contribution in [0.3, 0.4) is 0 Å². The second-order valence-electron chi connectivity index (χ2n) is 3.23. The summed E-state index contributed by atoms with van der Waals surface area (Å²) < 4.78 is 4.54. The van der Waals surface area contributed by atoms with Crippen molar-refractivity contribution in [3.8, 4) is 0 Å². The van der Waals surface area contributed by atoms with Gasteiger partial charge >= 0.3 is 5.97 Å². The maximum atomic E-state index is 11.2. The molecule has 0 bridgehead atoms. The zero-order chi connectivity index (χ0) is 12.8. The summed E-state index contributed by atoms with van der Waals surface area (Å²) >= 11 is 1.17. The maximum absolute atomic E-state index is 11.2. The molecular weight excluding hydrogens is 244 g/mol. The Balaban J connectivity index is 2.80. The van der Waals surface area contributed by atoms with Gasteiger partial charge in [-0.05, 0) is 12.1 Å². The zero-order valence-electron chi connectivity index (χ0n) is 9.29. The molecule has 0 fully saturated rings. The van der Waals surface area contributed by atoms with E-state index in [1.54, 1.807) is 6.07 Å². The summed E-state index contributed by atoms with van der Waals surface area (Å²) in [4.78, 5) is 15.3. The van der Waals surface area contributed by atoms with Crippen molar-refractivity contribution in [2.45, 2.75) is 11.1 Å². The van der Waals surface area contributed by atoms with Crippen LogP contribution in [0.5, 0.6) is 0 Å². The monoisotopic (exact) mass is 258 g/mol. The highest BCUT2D eigenvalue weighted by molar-refractivity contribution is 7.99. The molecule has 7 heteroatoms. The van der Waals surface area contributed by atoms with Crippen LogP contribution in [0.1, 0.15) is 10.5 Å². The van der Waals surface area contributed by atoms with Gasteiger partial charge in [-0.1, -0.05) is 0 Å². The molecule has 1 heterocycles. The van der Waals surface area contributed by atoms with Crippen molar-refractivity contribution >= 4 is 23.4 Å². The summed E-state index contributed by atoms with van der Waals surface area (Å²) in [5.74, 6) is -0.298. The third-order valence-corrected chi connectivity index (χ3v) is 3.06. The smallest absolute Gasteiger partial charge is 0.356 e. The van der Waals surface area contributed by atoms with Crippen LogP contribution in [0.2, 0.25) is 0 Å². The number of rotatable bonds is 5. The number of aliphatic hydroxyl groups excluding tert-OH is 2. The van der Waals surface area contributed by atoms with E-state index in [0.717, 1.165) is 0 Å². The second kappa shape index (κ2) is 6.43. The van der Waals surface area contributed by atoms with Crippen molar-refractivity contribution in [3.63, 3.8) is 0 Å². The van der Waals surface area contributed by atoms with Crippen molar-refractivity contribution in [3.05, 3.63) is 17.8 Å². The molecule has 0 aromatic carbocycles. The highest BCUT2D eigenvalue weighted by atomic mass is 32.2. The zero-order valence-corrected chi connectivity index (χ0v) is 10.1. The van der Waals surface area contributed by atoms with Crippen LogP contribution < -0.4 is 5.73 Å². The number of hydrogen-bond donors (Lipinski definition) is 3. The number of carbonyl (C=O) groups is 1. The summed E-state index contributed by atoms with van der Waals surface area (Å²) in [6, 6.07) is 3.01. The molecule has 0 spiro atoms. The molecule has 94 valence electrons. The Morgan fingerprint density at radius 3 is 2.94 bits per heavy atom. The highest BCUT2D eigenvalue weighted by Crippen LogP contribution is 2.23. The highest BCUT2D eigenvalue weighted by Gasteiger charge is 2.12. The molecule has 17 heavy (non-hydrogen) atoms. The van der Waals surface area contributed by atoms with Gasteiger partial charge in [0, 0.05) is 5.75 Å². The van der Waals surface area contributed by atoms with Crippen molar-refractivity contribution < 1.29 is 19.7 Å². The third-order valence-electron chi connectivity index (χ3n) is 1.91. The van der Waals surface area contributed by atoms with Crippen LogP contribution in [0.15, 0.2) is 17.2 Å². The molecule has 0 aliphatic rings. The Hall–Kier alpha value is -1.31. The van der Waals surface area contributed by atoms with E-state index in [9.17, 15) is 9.90 Å². The number of nitrogen functional groups attached to an aromatic ring is 1. The Labute approximate surface area is 103 Å². The molecule has 4 N–H and O–H groups in total. The first-order valence-corrected chi connectivity index (χ1v) is 5.83. The Kier molecular flexibility index (Phi) is 5.20. The van der Waals surface area contributed by atoms with Gasteiger partial charge in [0.2, 0.25) is 0 Å². The molecule has 1 unspecified atom stereocenters. The molecule has 0 amide bonds. The number of ether oxygens (including phenoxy) is 1. The Bertz CT molecular complexity index is 400. The Morgan fingerprint density at radius 1 is 1.65 bits per heavy atom. The molecule has 1 rings (SSSR count). The first kappa shape index (κ1) is 13.8. The van der Waals surface area contributed by atoms with Gasteiger partial charge in [-0.15, -0.1) is 11.8 Å². The van der Waals surface area contributed by atoms with Crippen LogP contribution in [0, 0.1) is 0 Å². The summed E-state index contributed by atoms with van der Waals surface area (Å²) in [5.41, 5.74) is 6.24. The molecule has 1 atom stereocenters. The minimum Gasteiger partial charge on any atom is -0.464 e. The minimum atomic E-state index is -0.844. The SMILES string of the molecule is COC(=O)c1ccc(N)c(SCC(O)CO)n1. The first-order valence-electron chi connectivity index (χ1n) is 4.85. The summed E-state index contributed by atoms with van der Waals surface area (Å²) in [6.07, 6.45) is -0.844. The molecule has 1 aromatic rings. The van der Waals surface area contributed by atoms with Crippen molar-refractivity contribution in [2.75, 3.05) is 25.2 Å². The number of aromatic nitrogens is 1. The van der Waals surface area contributed by atoms with Crippen LogP contribution in [0.25, 0.3) is 0 Å². The van der Waals surface area contributed by atoms with Gasteiger partial charge in [0.25, 0.3) is 0 Å². The molecule has 0 aliphatic heterocycles. The van der Waals surface area contributed by atoms with Gasteiger partial charge in [0.1, 0.15) is 10.7 Å². The fraction of sp³-hybridized carbons (Fsp3) is 0.400. The van der Waals surface area contributed by atoms with E-state index in [4.69, 9.17) is 10.8 Å². The third kappa shape index (κ3) is 3.88. The number of methoxy groups -OCH3 is 1. The predicted octanol–water partition coefficient (Wildman–Crippen LogP) is -0.104. The van der Waals surface area contributed by atoms with E-state index in [1.807, 2.05) is 0 Å². The predicted molar refractivity (Wildman–Crippen MR) is 63.8 cm³/mol. The Morgan fingerprint density at radius 2 is 2.35 bits per heavy atom. The minimum absolute atomic E-state index is 0.155. The van der Waals surface area contributed by atoms with Crippen LogP contribution >= 0.6 is 11.8 Å². The van der Waals surface area contributed by atoms with Gasteiger partial charge in [-0.3, -0.25) is 0 Å². The second-order valence-corrected chi connectivity index (χ2v) is 4.24. The number of esters is 1. The molecule has 0 radical (unpaired) electrons. The molecule has 1 aromatic heterocycles. The van der Waals surface area contributed by atoms with Gasteiger partial charge in [0.05, 0.1) is 25.5 Å². The first-order chi connectivity index (χ1) is 8.08. The lowest BCUT2D eigenvalue weighted by Gasteiger charge is -2.08. The summed E-state index contributed by atoms with van der Waals surface area (Å²) in [6.45, 7) is -0.330. The number of aliphatic hydroxyl groups is 2. The van der Waals surface area contributed by atoms with Crippen molar-refractivity contribution in [1.82, 2.24) is 4.98 Å². The lowest BCUT2D eigenvalue weighted by atomic mass is 10.3. The number of nitrogens with two attached hydrogens (primary N) is 1. The number of hydrogen-bond acceptors (Lipinski definition) is 7. The molecular formula is C10H14N2O4S. The normalized spacial score (nSPS) is 12.2. The van der Waals surface area contributed by atoms with Crippen LogP contribution in [-0.2, 0) is 4.74 Å². The van der Waals surface area contributed by atoms with Crippen molar-refractivity contribution in [1.29, 1.82) is 0 Å². The fourth-order valence-electron chi connectivity index (χ4n) is 1.01. The topological polar surface area (TPSA) is 106 Å². The van der Waals surface area contributed by atoms with E-state index in [1.165, 1.54) is 24.9 Å². The molecule has 6 nitrogen and oxygen atoms in total. The van der Waals surface area contributed by atoms with Crippen LogP contribution in [-0.4, -0.2) is 46.7 Å². The molecule has 0 saturated carbocycles. The average molecular weight is 258 g/mol. The molecule has 0 saturated heterocycles. The average Bonchev–Trinajstić information content (AvgIpc) is 2.36. The van der Waals surface area contributed by atoms with Crippen molar-refractivity contribution in [2.24, 2.45) is 0 Å². The van der Waals surface area contributed by atoms with Gasteiger partial charge < -0.3 is 20.7 Å². The lowest BCUT2D eigenvalue weighted by molar-refractivity contribution is 0.0593. The summed E-state index contributed by atoms with van der Waals surface area (Å²) in [5, 5.41) is 18.3.